The highest BCUT2D eigenvalue weighted by Gasteiger charge is 2.15. The zero-order chi connectivity index (χ0) is 15.6. The fourth-order valence-corrected chi connectivity index (χ4v) is 2.16. The highest BCUT2D eigenvalue weighted by molar-refractivity contribution is 5.90. The van der Waals surface area contributed by atoms with Crippen molar-refractivity contribution < 1.29 is 14.6 Å². The summed E-state index contributed by atoms with van der Waals surface area (Å²) in [5, 5.41) is 10.3. The molecule has 0 saturated carbocycles. The van der Waals surface area contributed by atoms with Gasteiger partial charge in [-0.2, -0.15) is 0 Å². The van der Waals surface area contributed by atoms with Gasteiger partial charge in [-0.05, 0) is 30.3 Å². The van der Waals surface area contributed by atoms with Gasteiger partial charge in [0.05, 0.1) is 12.7 Å². The summed E-state index contributed by atoms with van der Waals surface area (Å²) in [4.78, 5) is 13.0. The highest BCUT2D eigenvalue weighted by atomic mass is 16.5. The van der Waals surface area contributed by atoms with E-state index < -0.39 is 0 Å². The predicted octanol–water partition coefficient (Wildman–Crippen LogP) is 2.53. The van der Waals surface area contributed by atoms with E-state index in [0.717, 1.165) is 5.69 Å². The standard InChI is InChI=1S/C16H18N2O3/c1-18(2)12-4-5-15(21-3)13(8-12)14-7-11(17)6-10(9-19)16(14)20/h4-9,20H,17H2,1-3H3. The van der Waals surface area contributed by atoms with Gasteiger partial charge in [-0.1, -0.05) is 0 Å². The molecule has 2 aromatic carbocycles. The number of rotatable bonds is 4. The van der Waals surface area contributed by atoms with Crippen LogP contribution in [0.1, 0.15) is 10.4 Å². The predicted molar refractivity (Wildman–Crippen MR) is 84.2 cm³/mol. The Morgan fingerprint density at radius 2 is 1.90 bits per heavy atom. The van der Waals surface area contributed by atoms with Crippen LogP contribution in [0.2, 0.25) is 0 Å². The van der Waals surface area contributed by atoms with Crippen LogP contribution in [0.25, 0.3) is 11.1 Å². The molecule has 0 atom stereocenters. The van der Waals surface area contributed by atoms with Gasteiger partial charge in [0.15, 0.2) is 6.29 Å². The van der Waals surface area contributed by atoms with E-state index in [0.29, 0.717) is 28.8 Å². The molecule has 0 bridgehead atoms. The van der Waals surface area contributed by atoms with Crippen LogP contribution in [0, 0.1) is 0 Å². The molecule has 5 nitrogen and oxygen atoms in total. The second kappa shape index (κ2) is 5.75. The van der Waals surface area contributed by atoms with Gasteiger partial charge in [-0.15, -0.1) is 0 Å². The van der Waals surface area contributed by atoms with Crippen molar-refractivity contribution in [3.8, 4) is 22.6 Å². The van der Waals surface area contributed by atoms with E-state index in [1.807, 2.05) is 37.2 Å². The lowest BCUT2D eigenvalue weighted by Crippen LogP contribution is -2.08. The quantitative estimate of drug-likeness (QED) is 0.513. The van der Waals surface area contributed by atoms with Crippen molar-refractivity contribution >= 4 is 17.7 Å². The molecule has 0 fully saturated rings. The average Bonchev–Trinajstić information content (AvgIpc) is 2.48. The Labute approximate surface area is 123 Å². The minimum atomic E-state index is -0.103. The number of nitrogens with zero attached hydrogens (tertiary/aromatic N) is 1. The van der Waals surface area contributed by atoms with Crippen LogP contribution in [0.15, 0.2) is 30.3 Å². The Morgan fingerprint density at radius 3 is 2.48 bits per heavy atom. The van der Waals surface area contributed by atoms with Crippen molar-refractivity contribution in [1.82, 2.24) is 0 Å². The van der Waals surface area contributed by atoms with Crippen LogP contribution in [0.3, 0.4) is 0 Å². The summed E-state index contributed by atoms with van der Waals surface area (Å²) < 4.78 is 5.34. The maximum absolute atomic E-state index is 11.0. The monoisotopic (exact) mass is 286 g/mol. The zero-order valence-electron chi connectivity index (χ0n) is 12.3. The maximum atomic E-state index is 11.0. The molecule has 0 spiro atoms. The summed E-state index contributed by atoms with van der Waals surface area (Å²) in [6.45, 7) is 0. The van der Waals surface area contributed by atoms with Crippen molar-refractivity contribution in [2.24, 2.45) is 0 Å². The molecule has 3 N–H and O–H groups in total. The van der Waals surface area contributed by atoms with Crippen LogP contribution in [-0.4, -0.2) is 32.6 Å². The number of aldehydes is 1. The molecule has 0 heterocycles. The van der Waals surface area contributed by atoms with Gasteiger partial charge in [0, 0.05) is 36.6 Å². The first-order chi connectivity index (χ1) is 9.97. The number of phenols is 1. The van der Waals surface area contributed by atoms with Gasteiger partial charge in [0.2, 0.25) is 0 Å². The maximum Gasteiger partial charge on any atom is 0.153 e. The van der Waals surface area contributed by atoms with Crippen LogP contribution >= 0.6 is 0 Å². The van der Waals surface area contributed by atoms with Crippen LogP contribution in [0.5, 0.6) is 11.5 Å². The van der Waals surface area contributed by atoms with E-state index >= 15 is 0 Å². The average molecular weight is 286 g/mol. The lowest BCUT2D eigenvalue weighted by Gasteiger charge is -2.17. The summed E-state index contributed by atoms with van der Waals surface area (Å²) in [7, 11) is 5.39. The SMILES string of the molecule is COc1ccc(N(C)C)cc1-c1cc(N)cc(C=O)c1O. The molecule has 5 heteroatoms. The minimum absolute atomic E-state index is 0.103. The van der Waals surface area contributed by atoms with Crippen molar-refractivity contribution in [3.05, 3.63) is 35.9 Å². The number of phenolic OH excluding ortho intramolecular Hbond substituents is 1. The third-order valence-corrected chi connectivity index (χ3v) is 3.28. The molecule has 0 aliphatic heterocycles. The van der Waals surface area contributed by atoms with Gasteiger partial charge in [-0.3, -0.25) is 4.79 Å². The number of methoxy groups -OCH3 is 1. The van der Waals surface area contributed by atoms with Crippen LogP contribution < -0.4 is 15.4 Å². The number of hydrogen-bond acceptors (Lipinski definition) is 5. The first-order valence-electron chi connectivity index (χ1n) is 6.41. The van der Waals surface area contributed by atoms with Gasteiger partial charge < -0.3 is 20.5 Å². The molecule has 2 aromatic rings. The number of nitrogen functional groups attached to an aromatic ring is 1. The number of nitrogens with two attached hydrogens (primary N) is 1. The summed E-state index contributed by atoms with van der Waals surface area (Å²) >= 11 is 0. The number of aromatic hydroxyl groups is 1. The van der Waals surface area contributed by atoms with Crippen LogP contribution in [0.4, 0.5) is 11.4 Å². The van der Waals surface area contributed by atoms with Gasteiger partial charge >= 0.3 is 0 Å². The molecule has 0 saturated heterocycles. The molecule has 21 heavy (non-hydrogen) atoms. The molecule has 2 rings (SSSR count). The second-order valence-electron chi connectivity index (χ2n) is 4.90. The summed E-state index contributed by atoms with van der Waals surface area (Å²) in [6, 6.07) is 8.66. The summed E-state index contributed by atoms with van der Waals surface area (Å²) in [5.41, 5.74) is 8.46. The highest BCUT2D eigenvalue weighted by Crippen LogP contribution is 2.40. The minimum Gasteiger partial charge on any atom is -0.507 e. The van der Waals surface area contributed by atoms with Crippen molar-refractivity contribution in [2.75, 3.05) is 31.8 Å². The number of anilines is 2. The zero-order valence-corrected chi connectivity index (χ0v) is 12.3. The third kappa shape index (κ3) is 2.76. The van der Waals surface area contributed by atoms with E-state index in [2.05, 4.69) is 0 Å². The van der Waals surface area contributed by atoms with E-state index in [4.69, 9.17) is 10.5 Å². The van der Waals surface area contributed by atoms with Crippen molar-refractivity contribution in [1.29, 1.82) is 0 Å². The molecule has 0 aliphatic rings. The molecule has 0 amide bonds. The third-order valence-electron chi connectivity index (χ3n) is 3.28. The van der Waals surface area contributed by atoms with Gasteiger partial charge in [-0.25, -0.2) is 0 Å². The van der Waals surface area contributed by atoms with E-state index in [1.165, 1.54) is 6.07 Å². The fraction of sp³-hybridized carbons (Fsp3) is 0.188. The molecule has 0 unspecified atom stereocenters. The first kappa shape index (κ1) is 14.7. The smallest absolute Gasteiger partial charge is 0.153 e. The largest absolute Gasteiger partial charge is 0.507 e. The number of benzene rings is 2. The van der Waals surface area contributed by atoms with Gasteiger partial charge in [0.1, 0.15) is 11.5 Å². The number of carbonyl (C=O) groups is 1. The molecule has 0 aliphatic carbocycles. The van der Waals surface area contributed by atoms with E-state index in [-0.39, 0.29) is 11.3 Å². The molecule has 0 aromatic heterocycles. The molecule has 0 radical (unpaired) electrons. The lowest BCUT2D eigenvalue weighted by molar-refractivity contribution is 0.112. The van der Waals surface area contributed by atoms with Crippen molar-refractivity contribution in [2.45, 2.75) is 0 Å². The molecule has 110 valence electrons. The summed E-state index contributed by atoms with van der Waals surface area (Å²) in [5.74, 6) is 0.492. The second-order valence-corrected chi connectivity index (χ2v) is 4.90. The fourth-order valence-electron chi connectivity index (χ4n) is 2.16. The molecular formula is C16H18N2O3. The normalized spacial score (nSPS) is 10.2. The van der Waals surface area contributed by atoms with Crippen molar-refractivity contribution in [3.63, 3.8) is 0 Å². The van der Waals surface area contributed by atoms with Crippen LogP contribution in [-0.2, 0) is 0 Å². The topological polar surface area (TPSA) is 75.8 Å². The first-order valence-corrected chi connectivity index (χ1v) is 6.41. The molecular weight excluding hydrogens is 268 g/mol. The Hall–Kier alpha value is -2.69. The van der Waals surface area contributed by atoms with E-state index in [9.17, 15) is 9.90 Å². The summed E-state index contributed by atoms with van der Waals surface area (Å²) in [6.07, 6.45) is 0.581. The lowest BCUT2D eigenvalue weighted by atomic mass is 9.99. The number of ether oxygens (including phenoxy) is 1. The Kier molecular flexibility index (Phi) is 4.03. The number of carbonyl (C=O) groups excluding carboxylic acids is 1. The van der Waals surface area contributed by atoms with Gasteiger partial charge in [0.25, 0.3) is 0 Å². The Bertz CT molecular complexity index is 681. The Morgan fingerprint density at radius 1 is 1.19 bits per heavy atom. The Balaban J connectivity index is 2.73. The number of hydrogen-bond donors (Lipinski definition) is 2. The van der Waals surface area contributed by atoms with E-state index in [1.54, 1.807) is 13.2 Å².